The number of halogens is 2. The van der Waals surface area contributed by atoms with E-state index in [0.29, 0.717) is 0 Å². The van der Waals surface area contributed by atoms with E-state index in [4.69, 9.17) is 0 Å². The Morgan fingerprint density at radius 1 is 1.54 bits per heavy atom. The van der Waals surface area contributed by atoms with Crippen LogP contribution in [0.2, 0.25) is 0 Å². The van der Waals surface area contributed by atoms with Gasteiger partial charge in [-0.05, 0) is 15.9 Å². The van der Waals surface area contributed by atoms with Gasteiger partial charge < -0.3 is 12.4 Å². The van der Waals surface area contributed by atoms with Crippen molar-refractivity contribution in [1.82, 2.24) is 0 Å². The third kappa shape index (κ3) is 3.92. The summed E-state index contributed by atoms with van der Waals surface area (Å²) in [6.07, 6.45) is 3.13. The first-order valence-corrected chi connectivity index (χ1v) is 4.84. The zero-order valence-corrected chi connectivity index (χ0v) is 9.98. The number of aryl methyl sites for hydroxylation is 1. The average molecular weight is 263 g/mol. The number of hydrogen-bond acceptors (Lipinski definition) is 0. The average Bonchev–Trinajstić information content (AvgIpc) is 2.04. The topological polar surface area (TPSA) is 3.88 Å². The molecule has 1 heterocycles. The van der Waals surface area contributed by atoms with Crippen molar-refractivity contribution < 1.29 is 17.0 Å². The molecular weight excluding hydrogens is 249 g/mol. The predicted molar refractivity (Wildman–Crippen MR) is 54.1 cm³/mol. The number of nitrogens with zero attached hydrogens (tertiary/aromatic N) is 1. The van der Waals surface area contributed by atoms with Gasteiger partial charge in [0, 0.05) is 18.6 Å². The maximum absolute atomic E-state index is 3.82. The summed E-state index contributed by atoms with van der Waals surface area (Å²) in [4.78, 5) is 0. The fraction of sp³-hybridized carbons (Fsp3) is 0.300. The van der Waals surface area contributed by atoms with Crippen LogP contribution in [0, 0.1) is 0 Å². The number of hydrogen-bond donors (Lipinski definition) is 0. The molecule has 0 aliphatic heterocycles. The molecule has 0 aliphatic rings. The molecule has 3 heteroatoms. The van der Waals surface area contributed by atoms with Crippen molar-refractivity contribution in [2.45, 2.75) is 19.9 Å². The molecule has 0 unspecified atom stereocenters. The van der Waals surface area contributed by atoms with E-state index in [1.165, 1.54) is 5.69 Å². The van der Waals surface area contributed by atoms with Crippen molar-refractivity contribution in [2.24, 2.45) is 0 Å². The summed E-state index contributed by atoms with van der Waals surface area (Å²) < 4.78 is 3.20. The molecule has 0 saturated heterocycles. The second-order valence-corrected chi connectivity index (χ2v) is 3.81. The van der Waals surface area contributed by atoms with Crippen LogP contribution in [0.25, 0.3) is 0 Å². The van der Waals surface area contributed by atoms with E-state index >= 15 is 0 Å². The first kappa shape index (κ1) is 12.7. The SMILES string of the molecule is C=C(Br)C[n+]1ccccc1CC.[Cl-]. The van der Waals surface area contributed by atoms with Gasteiger partial charge in [-0.2, -0.15) is 4.57 Å². The molecule has 1 aromatic heterocycles. The van der Waals surface area contributed by atoms with Gasteiger partial charge in [0.05, 0.1) is 4.48 Å². The molecule has 0 N–H and O–H groups in total. The van der Waals surface area contributed by atoms with Gasteiger partial charge in [0.1, 0.15) is 0 Å². The van der Waals surface area contributed by atoms with Crippen LogP contribution in [0.15, 0.2) is 35.5 Å². The van der Waals surface area contributed by atoms with E-state index in [2.05, 4.69) is 52.3 Å². The fourth-order valence-electron chi connectivity index (χ4n) is 1.17. The Hall–Kier alpha value is -0.340. The highest BCUT2D eigenvalue weighted by Crippen LogP contribution is 2.01. The molecule has 0 aromatic carbocycles. The molecule has 0 spiro atoms. The van der Waals surface area contributed by atoms with Gasteiger partial charge >= 0.3 is 0 Å². The van der Waals surface area contributed by atoms with Crippen molar-refractivity contribution >= 4 is 15.9 Å². The Labute approximate surface area is 94.0 Å². The normalized spacial score (nSPS) is 9.08. The molecule has 0 radical (unpaired) electrons. The van der Waals surface area contributed by atoms with Crippen LogP contribution < -0.4 is 17.0 Å². The maximum atomic E-state index is 3.82. The summed E-state index contributed by atoms with van der Waals surface area (Å²) >= 11 is 3.36. The Bertz CT molecular complexity index is 286. The van der Waals surface area contributed by atoms with E-state index in [1.807, 2.05) is 6.07 Å². The number of rotatable bonds is 3. The molecular formula is C10H13BrClN. The van der Waals surface area contributed by atoms with Crippen LogP contribution in [0.1, 0.15) is 12.6 Å². The van der Waals surface area contributed by atoms with E-state index < -0.39 is 0 Å². The number of allylic oxidation sites excluding steroid dienone is 1. The van der Waals surface area contributed by atoms with Gasteiger partial charge in [-0.1, -0.05) is 19.6 Å². The fourth-order valence-corrected chi connectivity index (χ4v) is 1.44. The Kier molecular flexibility index (Phi) is 6.00. The number of aromatic nitrogens is 1. The molecule has 0 saturated carbocycles. The van der Waals surface area contributed by atoms with Gasteiger partial charge in [-0.25, -0.2) is 0 Å². The monoisotopic (exact) mass is 261 g/mol. The molecule has 0 bridgehead atoms. The molecule has 1 aromatic rings. The summed E-state index contributed by atoms with van der Waals surface area (Å²) in [7, 11) is 0. The zero-order chi connectivity index (χ0) is 8.97. The summed E-state index contributed by atoms with van der Waals surface area (Å²) in [5.74, 6) is 0. The van der Waals surface area contributed by atoms with E-state index in [-0.39, 0.29) is 12.4 Å². The largest absolute Gasteiger partial charge is 1.00 e. The lowest BCUT2D eigenvalue weighted by atomic mass is 10.3. The summed E-state index contributed by atoms with van der Waals surface area (Å²) in [5, 5.41) is 0. The minimum Gasteiger partial charge on any atom is -1.00 e. The Morgan fingerprint density at radius 2 is 2.23 bits per heavy atom. The van der Waals surface area contributed by atoms with Crippen molar-refractivity contribution in [3.05, 3.63) is 41.2 Å². The molecule has 0 amide bonds. The molecule has 0 fully saturated rings. The van der Waals surface area contributed by atoms with Crippen molar-refractivity contribution in [2.75, 3.05) is 0 Å². The quantitative estimate of drug-likeness (QED) is 0.644. The van der Waals surface area contributed by atoms with Crippen LogP contribution in [-0.2, 0) is 13.0 Å². The zero-order valence-electron chi connectivity index (χ0n) is 7.63. The smallest absolute Gasteiger partial charge is 0.181 e. The Balaban J connectivity index is 0.00000144. The van der Waals surface area contributed by atoms with Gasteiger partial charge in [0.2, 0.25) is 0 Å². The molecule has 0 aliphatic carbocycles. The lowest BCUT2D eigenvalue weighted by Gasteiger charge is -1.99. The molecule has 13 heavy (non-hydrogen) atoms. The first-order valence-electron chi connectivity index (χ1n) is 4.04. The second kappa shape index (κ2) is 6.17. The summed E-state index contributed by atoms with van der Waals surface area (Å²) in [6.45, 7) is 6.83. The first-order chi connectivity index (χ1) is 5.74. The van der Waals surface area contributed by atoms with E-state index in [9.17, 15) is 0 Å². The number of pyridine rings is 1. The lowest BCUT2D eigenvalue weighted by Crippen LogP contribution is -3.00. The van der Waals surface area contributed by atoms with Crippen LogP contribution in [0.4, 0.5) is 0 Å². The minimum atomic E-state index is 0. The lowest BCUT2D eigenvalue weighted by molar-refractivity contribution is -0.694. The standard InChI is InChI=1S/C10H13BrN.ClH/c1-3-10-6-4-5-7-12(10)8-9(2)11;/h4-7H,2-3,8H2,1H3;1H/q+1;/p-1. The minimum absolute atomic E-state index is 0. The maximum Gasteiger partial charge on any atom is 0.181 e. The van der Waals surface area contributed by atoms with Gasteiger partial charge in [0.15, 0.2) is 18.4 Å². The molecule has 0 atom stereocenters. The van der Waals surface area contributed by atoms with Gasteiger partial charge in [0.25, 0.3) is 0 Å². The highest BCUT2D eigenvalue weighted by Gasteiger charge is 2.06. The van der Waals surface area contributed by atoms with Crippen molar-refractivity contribution in [3.63, 3.8) is 0 Å². The second-order valence-electron chi connectivity index (χ2n) is 2.69. The van der Waals surface area contributed by atoms with Gasteiger partial charge in [-0.15, -0.1) is 0 Å². The van der Waals surface area contributed by atoms with Crippen LogP contribution in [0.5, 0.6) is 0 Å². The summed E-state index contributed by atoms with van der Waals surface area (Å²) in [6, 6.07) is 6.23. The third-order valence-corrected chi connectivity index (χ3v) is 1.99. The highest BCUT2D eigenvalue weighted by atomic mass is 79.9. The highest BCUT2D eigenvalue weighted by molar-refractivity contribution is 9.11. The van der Waals surface area contributed by atoms with Crippen molar-refractivity contribution in [3.8, 4) is 0 Å². The Morgan fingerprint density at radius 3 is 2.77 bits per heavy atom. The summed E-state index contributed by atoms with van der Waals surface area (Å²) in [5.41, 5.74) is 1.33. The molecule has 72 valence electrons. The van der Waals surface area contributed by atoms with Crippen LogP contribution in [-0.4, -0.2) is 0 Å². The van der Waals surface area contributed by atoms with Crippen molar-refractivity contribution in [1.29, 1.82) is 0 Å². The third-order valence-electron chi connectivity index (χ3n) is 1.74. The van der Waals surface area contributed by atoms with Gasteiger partial charge in [-0.3, -0.25) is 0 Å². The molecule has 1 nitrogen and oxygen atoms in total. The van der Waals surface area contributed by atoms with Crippen LogP contribution >= 0.6 is 15.9 Å². The van der Waals surface area contributed by atoms with Crippen LogP contribution in [0.3, 0.4) is 0 Å². The van der Waals surface area contributed by atoms with E-state index in [0.717, 1.165) is 17.4 Å². The predicted octanol–water partition coefficient (Wildman–Crippen LogP) is -0.551. The van der Waals surface area contributed by atoms with E-state index in [1.54, 1.807) is 0 Å². The molecule has 1 rings (SSSR count).